The van der Waals surface area contributed by atoms with Crippen molar-refractivity contribution < 1.29 is 9.13 Å². The van der Waals surface area contributed by atoms with E-state index in [0.717, 1.165) is 37.2 Å². The second-order valence-electron chi connectivity index (χ2n) is 6.01. The van der Waals surface area contributed by atoms with Crippen LogP contribution in [0.1, 0.15) is 12.8 Å². The van der Waals surface area contributed by atoms with Gasteiger partial charge in [0.1, 0.15) is 24.0 Å². The van der Waals surface area contributed by atoms with E-state index >= 15 is 0 Å². The van der Waals surface area contributed by atoms with Gasteiger partial charge in [0.15, 0.2) is 0 Å². The molecule has 1 aromatic heterocycles. The zero-order valence-electron chi connectivity index (χ0n) is 14.0. The summed E-state index contributed by atoms with van der Waals surface area (Å²) in [7, 11) is 0. The summed E-state index contributed by atoms with van der Waals surface area (Å²) < 4.78 is 21.9. The Hall–Kier alpha value is -2.51. The third kappa shape index (κ3) is 4.00. The van der Waals surface area contributed by atoms with E-state index in [1.807, 2.05) is 24.3 Å². The summed E-state index contributed by atoms with van der Waals surface area (Å²) in [6.45, 7) is 1.98. The van der Waals surface area contributed by atoms with Gasteiger partial charge in [0.2, 0.25) is 0 Å². The molecule has 2 heterocycles. The molecule has 0 amide bonds. The Morgan fingerprint density at radius 2 is 1.85 bits per heavy atom. The SMILES string of the molecule is Cl.Fc1cc(-n2cnnn2)ccc1-c1ccc(OC2CCNCC2)cc1. The fourth-order valence-electron chi connectivity index (χ4n) is 2.98. The number of nitrogens with one attached hydrogen (secondary N) is 1. The molecule has 3 aromatic rings. The Balaban J connectivity index is 0.00000196. The van der Waals surface area contributed by atoms with Crippen molar-refractivity contribution in [3.63, 3.8) is 0 Å². The molecule has 2 aromatic carbocycles. The van der Waals surface area contributed by atoms with Gasteiger partial charge >= 0.3 is 0 Å². The highest BCUT2D eigenvalue weighted by Gasteiger charge is 2.14. The topological polar surface area (TPSA) is 64.9 Å². The smallest absolute Gasteiger partial charge is 0.143 e. The fourth-order valence-corrected chi connectivity index (χ4v) is 2.98. The summed E-state index contributed by atoms with van der Waals surface area (Å²) in [5, 5.41) is 14.2. The molecule has 136 valence electrons. The highest BCUT2D eigenvalue weighted by molar-refractivity contribution is 5.85. The van der Waals surface area contributed by atoms with Crippen molar-refractivity contribution in [1.29, 1.82) is 0 Å². The Bertz CT molecular complexity index is 835. The number of hydrogen-bond donors (Lipinski definition) is 1. The van der Waals surface area contributed by atoms with Gasteiger partial charge in [-0.15, -0.1) is 17.5 Å². The summed E-state index contributed by atoms with van der Waals surface area (Å²) in [5.41, 5.74) is 1.92. The number of piperidine rings is 1. The van der Waals surface area contributed by atoms with E-state index in [-0.39, 0.29) is 24.3 Å². The van der Waals surface area contributed by atoms with E-state index in [1.165, 1.54) is 17.1 Å². The highest BCUT2D eigenvalue weighted by Crippen LogP contribution is 2.27. The largest absolute Gasteiger partial charge is 0.490 e. The predicted molar refractivity (Wildman–Crippen MR) is 98.3 cm³/mol. The van der Waals surface area contributed by atoms with Crippen molar-refractivity contribution in [2.24, 2.45) is 0 Å². The lowest BCUT2D eigenvalue weighted by molar-refractivity contribution is 0.162. The van der Waals surface area contributed by atoms with Gasteiger partial charge in [0, 0.05) is 11.6 Å². The first-order chi connectivity index (χ1) is 12.3. The quantitative estimate of drug-likeness (QED) is 0.759. The monoisotopic (exact) mass is 375 g/mol. The first kappa shape index (κ1) is 18.3. The van der Waals surface area contributed by atoms with Crippen LogP contribution in [0.15, 0.2) is 48.8 Å². The van der Waals surface area contributed by atoms with Crippen molar-refractivity contribution in [2.45, 2.75) is 18.9 Å². The van der Waals surface area contributed by atoms with E-state index in [9.17, 15) is 4.39 Å². The molecule has 0 aliphatic carbocycles. The number of benzene rings is 2. The molecule has 6 nitrogen and oxygen atoms in total. The lowest BCUT2D eigenvalue weighted by Crippen LogP contribution is -2.34. The van der Waals surface area contributed by atoms with Crippen LogP contribution >= 0.6 is 12.4 Å². The Morgan fingerprint density at radius 3 is 2.50 bits per heavy atom. The lowest BCUT2D eigenvalue weighted by Gasteiger charge is -2.23. The van der Waals surface area contributed by atoms with Crippen LogP contribution in [0.2, 0.25) is 0 Å². The van der Waals surface area contributed by atoms with E-state index in [1.54, 1.807) is 12.1 Å². The summed E-state index contributed by atoms with van der Waals surface area (Å²) in [6.07, 6.45) is 3.70. The molecule has 1 N–H and O–H groups in total. The van der Waals surface area contributed by atoms with E-state index < -0.39 is 0 Å². The minimum Gasteiger partial charge on any atom is -0.490 e. The van der Waals surface area contributed by atoms with Crippen LogP contribution in [0.4, 0.5) is 4.39 Å². The average molecular weight is 376 g/mol. The molecular formula is C18H19ClFN5O. The molecule has 4 rings (SSSR count). The third-order valence-electron chi connectivity index (χ3n) is 4.32. The van der Waals surface area contributed by atoms with Gasteiger partial charge in [0.25, 0.3) is 0 Å². The van der Waals surface area contributed by atoms with Gasteiger partial charge in [-0.05, 0) is 66.2 Å². The Labute approximate surface area is 156 Å². The minimum absolute atomic E-state index is 0. The fraction of sp³-hybridized carbons (Fsp3) is 0.278. The molecule has 1 aliphatic heterocycles. The maximum Gasteiger partial charge on any atom is 0.143 e. The van der Waals surface area contributed by atoms with Crippen LogP contribution in [0.3, 0.4) is 0 Å². The first-order valence-electron chi connectivity index (χ1n) is 8.30. The van der Waals surface area contributed by atoms with Crippen molar-refractivity contribution in [1.82, 2.24) is 25.5 Å². The highest BCUT2D eigenvalue weighted by atomic mass is 35.5. The van der Waals surface area contributed by atoms with Crippen LogP contribution < -0.4 is 10.1 Å². The number of hydrogen-bond acceptors (Lipinski definition) is 5. The molecule has 8 heteroatoms. The molecule has 0 spiro atoms. The molecule has 0 unspecified atom stereocenters. The Morgan fingerprint density at radius 1 is 1.08 bits per heavy atom. The van der Waals surface area contributed by atoms with Crippen molar-refractivity contribution in [3.8, 4) is 22.6 Å². The predicted octanol–water partition coefficient (Wildman–Crippen LogP) is 3.02. The normalized spacial score (nSPS) is 14.7. The lowest BCUT2D eigenvalue weighted by atomic mass is 10.0. The maximum absolute atomic E-state index is 14.5. The molecule has 0 saturated carbocycles. The molecule has 0 bridgehead atoms. The van der Waals surface area contributed by atoms with Crippen molar-refractivity contribution in [3.05, 3.63) is 54.6 Å². The van der Waals surface area contributed by atoms with Gasteiger partial charge in [0.05, 0.1) is 5.69 Å². The van der Waals surface area contributed by atoms with Gasteiger partial charge < -0.3 is 10.1 Å². The van der Waals surface area contributed by atoms with Crippen LogP contribution in [0, 0.1) is 5.82 Å². The zero-order chi connectivity index (χ0) is 17.1. The van der Waals surface area contributed by atoms with Gasteiger partial charge in [-0.2, -0.15) is 0 Å². The molecule has 1 saturated heterocycles. The molecule has 26 heavy (non-hydrogen) atoms. The van der Waals surface area contributed by atoms with Gasteiger partial charge in [-0.3, -0.25) is 0 Å². The third-order valence-corrected chi connectivity index (χ3v) is 4.32. The van der Waals surface area contributed by atoms with Gasteiger partial charge in [-0.25, -0.2) is 9.07 Å². The van der Waals surface area contributed by atoms with E-state index in [2.05, 4.69) is 20.8 Å². The van der Waals surface area contributed by atoms with Crippen LogP contribution in [-0.2, 0) is 0 Å². The van der Waals surface area contributed by atoms with Crippen molar-refractivity contribution >= 4 is 12.4 Å². The molecule has 1 fully saturated rings. The van der Waals surface area contributed by atoms with Crippen molar-refractivity contribution in [2.75, 3.05) is 13.1 Å². The zero-order valence-corrected chi connectivity index (χ0v) is 14.8. The number of ether oxygens (including phenoxy) is 1. The van der Waals surface area contributed by atoms with E-state index in [0.29, 0.717) is 11.3 Å². The van der Waals surface area contributed by atoms with Gasteiger partial charge in [-0.1, -0.05) is 12.1 Å². The number of aromatic nitrogens is 4. The molecule has 0 atom stereocenters. The second-order valence-corrected chi connectivity index (χ2v) is 6.01. The first-order valence-corrected chi connectivity index (χ1v) is 8.30. The number of nitrogens with zero attached hydrogens (tertiary/aromatic N) is 4. The molecule has 1 aliphatic rings. The van der Waals surface area contributed by atoms with Crippen LogP contribution in [0.25, 0.3) is 16.8 Å². The number of rotatable bonds is 4. The minimum atomic E-state index is -0.319. The second kappa shape index (κ2) is 8.25. The molecular weight excluding hydrogens is 357 g/mol. The molecule has 0 radical (unpaired) electrons. The number of tetrazole rings is 1. The summed E-state index contributed by atoms with van der Waals surface area (Å²) in [5.74, 6) is 0.501. The summed E-state index contributed by atoms with van der Waals surface area (Å²) in [4.78, 5) is 0. The number of halogens is 2. The Kier molecular flexibility index (Phi) is 5.80. The maximum atomic E-state index is 14.5. The van der Waals surface area contributed by atoms with Crippen LogP contribution in [0.5, 0.6) is 5.75 Å². The standard InChI is InChI=1S/C18H18FN5O.ClH/c19-18-11-14(24-12-21-22-23-24)3-6-17(18)13-1-4-15(5-2-13)25-16-7-9-20-10-8-16;/h1-6,11-12,16,20H,7-10H2;1H. The summed E-state index contributed by atoms with van der Waals surface area (Å²) in [6, 6.07) is 12.5. The van der Waals surface area contributed by atoms with E-state index in [4.69, 9.17) is 4.74 Å². The summed E-state index contributed by atoms with van der Waals surface area (Å²) >= 11 is 0. The average Bonchev–Trinajstić information content (AvgIpc) is 3.18. The van der Waals surface area contributed by atoms with Crippen LogP contribution in [-0.4, -0.2) is 39.4 Å².